The largest absolute Gasteiger partial charge is 0.393 e. The first kappa shape index (κ1) is 23.2. The van der Waals surface area contributed by atoms with E-state index < -0.39 is 11.6 Å². The zero-order chi connectivity index (χ0) is 24.7. The number of aliphatic hydroxyl groups excluding tert-OH is 1. The van der Waals surface area contributed by atoms with Crippen LogP contribution < -0.4 is 0 Å². The van der Waals surface area contributed by atoms with Crippen molar-refractivity contribution in [3.63, 3.8) is 0 Å². The molecule has 35 heavy (non-hydrogen) atoms. The summed E-state index contributed by atoms with van der Waals surface area (Å²) in [5.41, 5.74) is 3.74. The van der Waals surface area contributed by atoms with Crippen LogP contribution in [-0.4, -0.2) is 41.2 Å². The summed E-state index contributed by atoms with van der Waals surface area (Å²) in [5.74, 6) is -1.55. The van der Waals surface area contributed by atoms with Crippen molar-refractivity contribution in [1.29, 1.82) is 0 Å². The van der Waals surface area contributed by atoms with Gasteiger partial charge in [0.2, 0.25) is 0 Å². The molecule has 3 aromatic heterocycles. The highest BCUT2D eigenvalue weighted by molar-refractivity contribution is 5.62. The van der Waals surface area contributed by atoms with Gasteiger partial charge in [0.15, 0.2) is 0 Å². The highest BCUT2D eigenvalue weighted by atomic mass is 19.1. The Morgan fingerprint density at radius 2 is 1.74 bits per heavy atom. The number of nitrogens with zero attached hydrogens (tertiary/aromatic N) is 6. The fourth-order valence-electron chi connectivity index (χ4n) is 4.39. The van der Waals surface area contributed by atoms with Crippen LogP contribution in [0.5, 0.6) is 0 Å². The molecule has 1 aromatic carbocycles. The Labute approximate surface area is 201 Å². The maximum Gasteiger partial charge on any atom is 0.135 e. The molecule has 1 atom stereocenters. The van der Waals surface area contributed by atoms with Crippen molar-refractivity contribution in [2.24, 2.45) is 0 Å². The third kappa shape index (κ3) is 4.43. The van der Waals surface area contributed by atoms with E-state index in [9.17, 15) is 13.9 Å². The summed E-state index contributed by atoms with van der Waals surface area (Å²) in [6.07, 6.45) is 8.20. The van der Waals surface area contributed by atoms with Crippen LogP contribution in [0.15, 0.2) is 49.1 Å². The second-order valence-electron chi connectivity index (χ2n) is 9.36. The average molecular weight is 477 g/mol. The zero-order valence-corrected chi connectivity index (χ0v) is 19.7. The van der Waals surface area contributed by atoms with E-state index in [1.165, 1.54) is 18.2 Å². The molecule has 0 radical (unpaired) electrons. The van der Waals surface area contributed by atoms with E-state index in [2.05, 4.69) is 20.3 Å². The molecule has 0 aliphatic heterocycles. The molecular formula is C26H26F2N6O. The van der Waals surface area contributed by atoms with Crippen LogP contribution in [0.1, 0.15) is 68.4 Å². The average Bonchev–Trinajstić information content (AvgIpc) is 3.31. The van der Waals surface area contributed by atoms with Crippen molar-refractivity contribution in [3.8, 4) is 22.5 Å². The van der Waals surface area contributed by atoms with Crippen LogP contribution >= 0.6 is 0 Å². The van der Waals surface area contributed by atoms with Crippen LogP contribution in [0, 0.1) is 11.6 Å². The maximum absolute atomic E-state index is 14.4. The van der Waals surface area contributed by atoms with E-state index in [4.69, 9.17) is 4.98 Å². The van der Waals surface area contributed by atoms with Crippen molar-refractivity contribution in [1.82, 2.24) is 29.9 Å². The van der Waals surface area contributed by atoms with Crippen LogP contribution in [0.2, 0.25) is 0 Å². The van der Waals surface area contributed by atoms with E-state index in [1.807, 2.05) is 31.6 Å². The van der Waals surface area contributed by atoms with Crippen molar-refractivity contribution in [2.45, 2.75) is 57.6 Å². The Kier molecular flexibility index (Phi) is 6.10. The summed E-state index contributed by atoms with van der Waals surface area (Å²) < 4.78 is 30.6. The zero-order valence-electron chi connectivity index (χ0n) is 19.7. The minimum absolute atomic E-state index is 0.0451. The summed E-state index contributed by atoms with van der Waals surface area (Å²) in [6.45, 7) is 5.97. The Balaban J connectivity index is 1.47. The number of rotatable bonds is 6. The van der Waals surface area contributed by atoms with Crippen LogP contribution in [-0.2, 0) is 0 Å². The number of hydrogen-bond acceptors (Lipinski definition) is 6. The second kappa shape index (κ2) is 9.22. The SMILES string of the molecule is CC(C)c1cc(-c2c(F)cccc2F)nnc1C(C)c1cncc(-c2cnn([C@H]3C[C@@H](O)C3)c2)n1. The van der Waals surface area contributed by atoms with E-state index in [0.717, 1.165) is 11.1 Å². The molecule has 3 heterocycles. The molecule has 0 amide bonds. The van der Waals surface area contributed by atoms with Gasteiger partial charge in [-0.3, -0.25) is 9.67 Å². The monoisotopic (exact) mass is 476 g/mol. The van der Waals surface area contributed by atoms with Gasteiger partial charge in [-0.05, 0) is 42.5 Å². The molecule has 0 spiro atoms. The van der Waals surface area contributed by atoms with Gasteiger partial charge >= 0.3 is 0 Å². The summed E-state index contributed by atoms with van der Waals surface area (Å²) in [4.78, 5) is 9.19. The number of aromatic nitrogens is 6. The lowest BCUT2D eigenvalue weighted by Crippen LogP contribution is -2.30. The van der Waals surface area contributed by atoms with Crippen molar-refractivity contribution in [3.05, 3.63) is 77.6 Å². The first-order valence-corrected chi connectivity index (χ1v) is 11.7. The molecule has 1 unspecified atom stereocenters. The lowest BCUT2D eigenvalue weighted by atomic mass is 9.90. The number of aliphatic hydroxyl groups is 1. The lowest BCUT2D eigenvalue weighted by Gasteiger charge is -2.31. The quantitative estimate of drug-likeness (QED) is 0.419. The maximum atomic E-state index is 14.4. The van der Waals surface area contributed by atoms with E-state index in [0.29, 0.717) is 29.9 Å². The van der Waals surface area contributed by atoms with Gasteiger partial charge < -0.3 is 5.11 Å². The van der Waals surface area contributed by atoms with Gasteiger partial charge in [-0.2, -0.15) is 15.3 Å². The van der Waals surface area contributed by atoms with Gasteiger partial charge in [0.05, 0.1) is 52.9 Å². The summed E-state index contributed by atoms with van der Waals surface area (Å²) in [6, 6.07) is 5.66. The van der Waals surface area contributed by atoms with Crippen molar-refractivity contribution < 1.29 is 13.9 Å². The fourth-order valence-corrected chi connectivity index (χ4v) is 4.39. The summed E-state index contributed by atoms with van der Waals surface area (Å²) >= 11 is 0. The van der Waals surface area contributed by atoms with Crippen molar-refractivity contribution in [2.75, 3.05) is 0 Å². The predicted octanol–water partition coefficient (Wildman–Crippen LogP) is 5.05. The van der Waals surface area contributed by atoms with Crippen molar-refractivity contribution >= 4 is 0 Å². The number of hydrogen-bond donors (Lipinski definition) is 1. The molecule has 9 heteroatoms. The predicted molar refractivity (Wildman–Crippen MR) is 127 cm³/mol. The molecule has 0 bridgehead atoms. The topological polar surface area (TPSA) is 89.6 Å². The van der Waals surface area contributed by atoms with Gasteiger partial charge in [-0.25, -0.2) is 13.8 Å². The highest BCUT2D eigenvalue weighted by Crippen LogP contribution is 2.34. The Morgan fingerprint density at radius 3 is 2.43 bits per heavy atom. The minimum atomic E-state index is -0.676. The smallest absolute Gasteiger partial charge is 0.135 e. The number of benzene rings is 1. The van der Waals surface area contributed by atoms with Gasteiger partial charge in [-0.15, -0.1) is 0 Å². The number of halogens is 2. The van der Waals surface area contributed by atoms with Gasteiger partial charge in [0.25, 0.3) is 0 Å². The molecule has 1 saturated carbocycles. The van der Waals surface area contributed by atoms with Gasteiger partial charge in [0, 0.05) is 23.9 Å². The van der Waals surface area contributed by atoms with Crippen LogP contribution in [0.3, 0.4) is 0 Å². The molecule has 180 valence electrons. The van der Waals surface area contributed by atoms with E-state index >= 15 is 0 Å². The van der Waals surface area contributed by atoms with Gasteiger partial charge in [-0.1, -0.05) is 26.8 Å². The van der Waals surface area contributed by atoms with Crippen LogP contribution in [0.4, 0.5) is 8.78 Å². The standard InChI is InChI=1S/C26H26F2N6O/c1-14(2)19-9-22(25-20(27)5-4-6-21(25)28)32-33-26(19)15(3)23-11-29-12-24(31-23)16-10-30-34(13-16)17-7-18(35)8-17/h4-6,9-15,17-18,35H,7-8H2,1-3H3/t15?,17-,18+. The third-order valence-corrected chi connectivity index (χ3v) is 6.56. The normalized spacial score (nSPS) is 18.5. The lowest BCUT2D eigenvalue weighted by molar-refractivity contribution is 0.0434. The first-order valence-electron chi connectivity index (χ1n) is 11.7. The summed E-state index contributed by atoms with van der Waals surface area (Å²) in [5, 5.41) is 22.6. The molecule has 4 aromatic rings. The molecule has 1 aliphatic rings. The fraction of sp³-hybridized carbons (Fsp3) is 0.346. The van der Waals surface area contributed by atoms with E-state index in [1.54, 1.807) is 24.7 Å². The first-order chi connectivity index (χ1) is 16.8. The minimum Gasteiger partial charge on any atom is -0.393 e. The third-order valence-electron chi connectivity index (χ3n) is 6.56. The molecule has 5 rings (SSSR count). The molecule has 1 N–H and O–H groups in total. The van der Waals surface area contributed by atoms with E-state index in [-0.39, 0.29) is 35.2 Å². The molecule has 0 saturated heterocycles. The Hall–Kier alpha value is -3.59. The molecular weight excluding hydrogens is 450 g/mol. The highest BCUT2D eigenvalue weighted by Gasteiger charge is 2.29. The Morgan fingerprint density at radius 1 is 1.00 bits per heavy atom. The molecule has 7 nitrogen and oxygen atoms in total. The van der Waals surface area contributed by atoms with Crippen LogP contribution in [0.25, 0.3) is 22.5 Å². The van der Waals surface area contributed by atoms with Gasteiger partial charge in [0.1, 0.15) is 11.6 Å². The molecule has 1 aliphatic carbocycles. The second-order valence-corrected chi connectivity index (χ2v) is 9.36. The summed E-state index contributed by atoms with van der Waals surface area (Å²) in [7, 11) is 0. The molecule has 1 fully saturated rings. The Bertz CT molecular complexity index is 1350.